The zero-order valence-corrected chi connectivity index (χ0v) is 12.2. The van der Waals surface area contributed by atoms with Crippen LogP contribution in [0, 0.1) is 5.41 Å². The lowest BCUT2D eigenvalue weighted by Crippen LogP contribution is -2.36. The third-order valence-corrected chi connectivity index (χ3v) is 3.47. The third-order valence-electron chi connectivity index (χ3n) is 3.47. The SMILES string of the molecule is CCCNC(CCC(N)C(C)(C)C)c1ccoc1. The van der Waals surface area contributed by atoms with E-state index < -0.39 is 0 Å². The molecule has 1 heterocycles. The van der Waals surface area contributed by atoms with E-state index >= 15 is 0 Å². The molecule has 0 fully saturated rings. The van der Waals surface area contributed by atoms with Crippen LogP contribution in [0.5, 0.6) is 0 Å². The molecule has 3 nitrogen and oxygen atoms in total. The highest BCUT2D eigenvalue weighted by atomic mass is 16.3. The molecule has 0 amide bonds. The molecule has 0 aromatic carbocycles. The number of nitrogens with two attached hydrogens (primary N) is 1. The van der Waals surface area contributed by atoms with Crippen LogP contribution < -0.4 is 11.1 Å². The smallest absolute Gasteiger partial charge is 0.0950 e. The fourth-order valence-corrected chi connectivity index (χ4v) is 1.96. The molecular weight excluding hydrogens is 224 g/mol. The molecular formula is C15H28N2O. The molecule has 18 heavy (non-hydrogen) atoms. The van der Waals surface area contributed by atoms with E-state index in [0.717, 1.165) is 25.8 Å². The Morgan fingerprint density at radius 1 is 1.33 bits per heavy atom. The van der Waals surface area contributed by atoms with Gasteiger partial charge < -0.3 is 15.5 Å². The number of hydrogen-bond donors (Lipinski definition) is 2. The minimum absolute atomic E-state index is 0.172. The van der Waals surface area contributed by atoms with Gasteiger partial charge in [-0.25, -0.2) is 0 Å². The highest BCUT2D eigenvalue weighted by molar-refractivity contribution is 5.11. The molecule has 1 rings (SSSR count). The Morgan fingerprint density at radius 3 is 2.56 bits per heavy atom. The maximum Gasteiger partial charge on any atom is 0.0950 e. The summed E-state index contributed by atoms with van der Waals surface area (Å²) < 4.78 is 5.18. The largest absolute Gasteiger partial charge is 0.472 e. The molecule has 0 spiro atoms. The summed E-state index contributed by atoms with van der Waals surface area (Å²) in [6.45, 7) is 9.80. The number of rotatable bonds is 7. The maximum atomic E-state index is 6.23. The van der Waals surface area contributed by atoms with Crippen LogP contribution >= 0.6 is 0 Å². The minimum atomic E-state index is 0.172. The van der Waals surface area contributed by atoms with Gasteiger partial charge in [-0.1, -0.05) is 27.7 Å². The standard InChI is InChI=1S/C15H28N2O/c1-5-9-17-13(12-8-10-18-11-12)6-7-14(16)15(2,3)4/h8,10-11,13-14,17H,5-7,9,16H2,1-4H3. The molecule has 0 aliphatic carbocycles. The van der Waals surface area contributed by atoms with Gasteiger partial charge in [-0.3, -0.25) is 0 Å². The van der Waals surface area contributed by atoms with Crippen LogP contribution in [0.15, 0.2) is 23.0 Å². The number of hydrogen-bond acceptors (Lipinski definition) is 3. The summed E-state index contributed by atoms with van der Waals surface area (Å²) in [5.41, 5.74) is 7.63. The average Bonchev–Trinajstić information content (AvgIpc) is 2.81. The Hall–Kier alpha value is -0.800. The van der Waals surface area contributed by atoms with Gasteiger partial charge in [0.25, 0.3) is 0 Å². The van der Waals surface area contributed by atoms with Crippen molar-refractivity contribution in [1.82, 2.24) is 5.32 Å². The topological polar surface area (TPSA) is 51.2 Å². The first-order chi connectivity index (χ1) is 8.45. The van der Waals surface area contributed by atoms with Crippen LogP contribution in [0.1, 0.15) is 58.6 Å². The molecule has 3 heteroatoms. The van der Waals surface area contributed by atoms with Gasteiger partial charge in [-0.2, -0.15) is 0 Å². The van der Waals surface area contributed by atoms with Crippen molar-refractivity contribution in [2.24, 2.45) is 11.1 Å². The Labute approximate surface area is 111 Å². The Balaban J connectivity index is 2.52. The van der Waals surface area contributed by atoms with Crippen LogP contribution in [0.25, 0.3) is 0 Å². The predicted molar refractivity (Wildman–Crippen MR) is 76.4 cm³/mol. The minimum Gasteiger partial charge on any atom is -0.472 e. The van der Waals surface area contributed by atoms with Gasteiger partial charge in [-0.05, 0) is 37.3 Å². The van der Waals surface area contributed by atoms with Crippen molar-refractivity contribution in [2.75, 3.05) is 6.54 Å². The zero-order valence-electron chi connectivity index (χ0n) is 12.2. The van der Waals surface area contributed by atoms with Gasteiger partial charge in [0.2, 0.25) is 0 Å². The zero-order chi connectivity index (χ0) is 13.6. The van der Waals surface area contributed by atoms with Gasteiger partial charge in [0.15, 0.2) is 0 Å². The first kappa shape index (κ1) is 15.3. The van der Waals surface area contributed by atoms with E-state index in [1.807, 2.05) is 12.3 Å². The second-order valence-electron chi connectivity index (χ2n) is 6.11. The molecule has 0 bridgehead atoms. The molecule has 2 unspecified atom stereocenters. The van der Waals surface area contributed by atoms with E-state index in [1.54, 1.807) is 6.26 Å². The summed E-state index contributed by atoms with van der Waals surface area (Å²) in [5, 5.41) is 3.56. The van der Waals surface area contributed by atoms with Crippen LogP contribution in [-0.2, 0) is 0 Å². The summed E-state index contributed by atoms with van der Waals surface area (Å²) in [6, 6.07) is 2.63. The molecule has 0 radical (unpaired) electrons. The van der Waals surface area contributed by atoms with Crippen molar-refractivity contribution in [3.63, 3.8) is 0 Å². The van der Waals surface area contributed by atoms with Crippen molar-refractivity contribution >= 4 is 0 Å². The van der Waals surface area contributed by atoms with Crippen LogP contribution in [0.2, 0.25) is 0 Å². The van der Waals surface area contributed by atoms with E-state index in [9.17, 15) is 0 Å². The quantitative estimate of drug-likeness (QED) is 0.781. The fourth-order valence-electron chi connectivity index (χ4n) is 1.96. The Morgan fingerprint density at radius 2 is 2.06 bits per heavy atom. The summed E-state index contributed by atoms with van der Waals surface area (Å²) in [6.07, 6.45) is 6.78. The van der Waals surface area contributed by atoms with Crippen molar-refractivity contribution in [2.45, 2.75) is 59.0 Å². The number of furan rings is 1. The fraction of sp³-hybridized carbons (Fsp3) is 0.733. The molecule has 0 saturated carbocycles. The molecule has 0 aliphatic heterocycles. The Kier molecular flexibility index (Phi) is 5.89. The van der Waals surface area contributed by atoms with Crippen molar-refractivity contribution in [1.29, 1.82) is 0 Å². The van der Waals surface area contributed by atoms with E-state index in [2.05, 4.69) is 33.0 Å². The van der Waals surface area contributed by atoms with Crippen molar-refractivity contribution in [3.8, 4) is 0 Å². The molecule has 1 aromatic heterocycles. The number of nitrogens with one attached hydrogen (secondary N) is 1. The third kappa shape index (κ3) is 4.83. The summed E-state index contributed by atoms with van der Waals surface area (Å²) in [7, 11) is 0. The van der Waals surface area contributed by atoms with E-state index in [-0.39, 0.29) is 11.5 Å². The van der Waals surface area contributed by atoms with Crippen LogP contribution in [-0.4, -0.2) is 12.6 Å². The second kappa shape index (κ2) is 6.95. The molecule has 0 saturated heterocycles. The lowest BCUT2D eigenvalue weighted by molar-refractivity contribution is 0.289. The first-order valence-electron chi connectivity index (χ1n) is 6.96. The van der Waals surface area contributed by atoms with Gasteiger partial charge in [-0.15, -0.1) is 0 Å². The van der Waals surface area contributed by atoms with Crippen LogP contribution in [0.4, 0.5) is 0 Å². The second-order valence-corrected chi connectivity index (χ2v) is 6.11. The molecule has 104 valence electrons. The lowest BCUT2D eigenvalue weighted by atomic mass is 9.83. The van der Waals surface area contributed by atoms with Crippen molar-refractivity contribution < 1.29 is 4.42 Å². The molecule has 3 N–H and O–H groups in total. The first-order valence-corrected chi connectivity index (χ1v) is 6.96. The molecule has 0 aliphatic rings. The van der Waals surface area contributed by atoms with Gasteiger partial charge in [0.05, 0.1) is 12.5 Å². The van der Waals surface area contributed by atoms with Gasteiger partial charge in [0.1, 0.15) is 0 Å². The maximum absolute atomic E-state index is 6.23. The van der Waals surface area contributed by atoms with E-state index in [4.69, 9.17) is 10.2 Å². The molecule has 1 aromatic rings. The van der Waals surface area contributed by atoms with Gasteiger partial charge >= 0.3 is 0 Å². The van der Waals surface area contributed by atoms with Crippen molar-refractivity contribution in [3.05, 3.63) is 24.2 Å². The normalized spacial score (nSPS) is 15.6. The summed E-state index contributed by atoms with van der Waals surface area (Å²) in [4.78, 5) is 0. The lowest BCUT2D eigenvalue weighted by Gasteiger charge is -2.28. The monoisotopic (exact) mass is 252 g/mol. The predicted octanol–water partition coefficient (Wildman–Crippen LogP) is 3.47. The van der Waals surface area contributed by atoms with E-state index in [1.165, 1.54) is 5.56 Å². The highest BCUT2D eigenvalue weighted by Crippen LogP contribution is 2.25. The summed E-state index contributed by atoms with van der Waals surface area (Å²) >= 11 is 0. The Bertz CT molecular complexity index is 314. The highest BCUT2D eigenvalue weighted by Gasteiger charge is 2.22. The molecule has 2 atom stereocenters. The average molecular weight is 252 g/mol. The summed E-state index contributed by atoms with van der Waals surface area (Å²) in [5.74, 6) is 0. The van der Waals surface area contributed by atoms with Gasteiger partial charge in [0, 0.05) is 17.6 Å². The van der Waals surface area contributed by atoms with Crippen LogP contribution in [0.3, 0.4) is 0 Å². The van der Waals surface area contributed by atoms with E-state index in [0.29, 0.717) is 6.04 Å².